The second-order valence-corrected chi connectivity index (χ2v) is 8.73. The normalized spacial score (nSPS) is 14.2. The number of fused-ring (bicyclic) bond motifs is 1. The van der Waals surface area contributed by atoms with Gasteiger partial charge in [0.15, 0.2) is 11.5 Å². The Labute approximate surface area is 182 Å². The van der Waals surface area contributed by atoms with Gasteiger partial charge in [0.1, 0.15) is 5.82 Å². The fraction of sp³-hybridized carbons (Fsp3) is 0.320. The van der Waals surface area contributed by atoms with E-state index in [0.717, 1.165) is 47.8 Å². The topological polar surface area (TPSA) is 70.8 Å². The number of benzene rings is 2. The Morgan fingerprint density at radius 3 is 2.71 bits per heavy atom. The van der Waals surface area contributed by atoms with Gasteiger partial charge in [-0.25, -0.2) is 4.98 Å². The molecule has 2 aromatic heterocycles. The molecule has 1 aliphatic heterocycles. The summed E-state index contributed by atoms with van der Waals surface area (Å²) in [5, 5.41) is 11.7. The lowest BCUT2D eigenvalue weighted by atomic mass is 9.92. The lowest BCUT2D eigenvalue weighted by Crippen LogP contribution is -2.26. The Balaban J connectivity index is 1.69. The zero-order valence-corrected chi connectivity index (χ0v) is 18.4. The molecule has 0 saturated heterocycles. The van der Waals surface area contributed by atoms with Crippen molar-refractivity contribution >= 4 is 0 Å². The molecule has 2 aromatic carbocycles. The third-order valence-electron chi connectivity index (χ3n) is 6.01. The van der Waals surface area contributed by atoms with Crippen LogP contribution in [0.15, 0.2) is 47.0 Å². The molecule has 0 fully saturated rings. The monoisotopic (exact) mass is 413 g/mol. The van der Waals surface area contributed by atoms with Gasteiger partial charge in [-0.05, 0) is 54.6 Å². The maximum Gasteiger partial charge on any atom is 0.204 e. The maximum atomic E-state index is 5.94. The predicted octanol–water partition coefficient (Wildman–Crippen LogP) is 5.21. The van der Waals surface area contributed by atoms with E-state index in [-0.39, 0.29) is 0 Å². The van der Waals surface area contributed by atoms with Gasteiger partial charge in [-0.1, -0.05) is 55.4 Å². The van der Waals surface area contributed by atoms with Crippen LogP contribution in [-0.2, 0) is 13.0 Å². The second kappa shape index (κ2) is 7.78. The molecule has 0 saturated carbocycles. The molecule has 0 aliphatic carbocycles. The van der Waals surface area contributed by atoms with Crippen molar-refractivity contribution in [3.8, 4) is 34.0 Å². The van der Waals surface area contributed by atoms with Gasteiger partial charge in [-0.15, -0.1) is 0 Å². The van der Waals surface area contributed by atoms with Crippen molar-refractivity contribution in [1.29, 1.82) is 0 Å². The van der Waals surface area contributed by atoms with Crippen LogP contribution in [0.4, 0.5) is 0 Å². The number of nitrogens with one attached hydrogen (secondary N) is 1. The van der Waals surface area contributed by atoms with Gasteiger partial charge < -0.3 is 9.42 Å². The molecule has 3 heterocycles. The predicted molar refractivity (Wildman–Crippen MR) is 122 cm³/mol. The quantitative estimate of drug-likeness (QED) is 0.497. The highest BCUT2D eigenvalue weighted by Gasteiger charge is 2.25. The van der Waals surface area contributed by atoms with Crippen LogP contribution in [0.25, 0.3) is 34.0 Å². The SMILES string of the molecule is Cc1nc(-c2noc(-c3cccc(C(C)C)c3)c2-c2ccc3c(c2)CCN(C)C3)n[nH]1. The summed E-state index contributed by atoms with van der Waals surface area (Å²) in [6.45, 7) is 8.33. The Kier molecular flexibility index (Phi) is 4.94. The molecular formula is C25H27N5O. The zero-order valence-electron chi connectivity index (χ0n) is 18.4. The zero-order chi connectivity index (χ0) is 21.5. The summed E-state index contributed by atoms with van der Waals surface area (Å²) >= 11 is 0. The first-order chi connectivity index (χ1) is 15.0. The standard InChI is InChI=1S/C25H27N5O/c1-15(2)17-6-5-7-20(12-17)24-22(23(29-31-24)25-26-16(3)27-28-25)19-8-9-21-14-30(4)11-10-18(21)13-19/h5-9,12-13,15H,10-11,14H2,1-4H3,(H,26,27,28). The molecule has 158 valence electrons. The first kappa shape index (κ1) is 19.7. The van der Waals surface area contributed by atoms with Crippen LogP contribution in [0.3, 0.4) is 0 Å². The summed E-state index contributed by atoms with van der Waals surface area (Å²) in [7, 11) is 2.17. The minimum atomic E-state index is 0.433. The highest BCUT2D eigenvalue weighted by Crippen LogP contribution is 2.40. The maximum absolute atomic E-state index is 5.94. The number of aromatic amines is 1. The Morgan fingerprint density at radius 2 is 1.94 bits per heavy atom. The number of rotatable bonds is 4. The Morgan fingerprint density at radius 1 is 1.06 bits per heavy atom. The molecular weight excluding hydrogens is 386 g/mol. The highest BCUT2D eigenvalue weighted by atomic mass is 16.5. The Bertz CT molecular complexity index is 1240. The fourth-order valence-electron chi connectivity index (χ4n) is 4.24. The molecule has 31 heavy (non-hydrogen) atoms. The van der Waals surface area contributed by atoms with E-state index < -0.39 is 0 Å². The van der Waals surface area contributed by atoms with Gasteiger partial charge in [0.05, 0.1) is 5.56 Å². The van der Waals surface area contributed by atoms with E-state index in [4.69, 9.17) is 4.52 Å². The van der Waals surface area contributed by atoms with Crippen LogP contribution in [0.5, 0.6) is 0 Å². The van der Waals surface area contributed by atoms with Gasteiger partial charge in [-0.2, -0.15) is 5.10 Å². The van der Waals surface area contributed by atoms with Crippen LogP contribution in [0.2, 0.25) is 0 Å². The van der Waals surface area contributed by atoms with Crippen molar-refractivity contribution in [2.75, 3.05) is 13.6 Å². The van der Waals surface area contributed by atoms with Crippen molar-refractivity contribution in [3.05, 3.63) is 65.0 Å². The van der Waals surface area contributed by atoms with Crippen molar-refractivity contribution in [1.82, 2.24) is 25.2 Å². The Hall–Kier alpha value is -3.25. The minimum Gasteiger partial charge on any atom is -0.355 e. The van der Waals surface area contributed by atoms with Crippen LogP contribution in [-0.4, -0.2) is 38.8 Å². The van der Waals surface area contributed by atoms with Crippen molar-refractivity contribution in [2.24, 2.45) is 0 Å². The molecule has 4 aromatic rings. The summed E-state index contributed by atoms with van der Waals surface area (Å²) in [5.41, 5.74) is 7.76. The average molecular weight is 414 g/mol. The summed E-state index contributed by atoms with van der Waals surface area (Å²) in [6.07, 6.45) is 1.04. The van der Waals surface area contributed by atoms with E-state index in [2.05, 4.69) is 88.6 Å². The van der Waals surface area contributed by atoms with Crippen molar-refractivity contribution in [3.63, 3.8) is 0 Å². The van der Waals surface area contributed by atoms with E-state index in [1.807, 2.05) is 6.92 Å². The van der Waals surface area contributed by atoms with Crippen molar-refractivity contribution in [2.45, 2.75) is 39.7 Å². The molecule has 0 atom stereocenters. The molecule has 0 amide bonds. The molecule has 1 aliphatic rings. The smallest absolute Gasteiger partial charge is 0.204 e. The molecule has 6 heteroatoms. The molecule has 0 unspecified atom stereocenters. The van der Waals surface area contributed by atoms with E-state index in [9.17, 15) is 0 Å². The summed E-state index contributed by atoms with van der Waals surface area (Å²) < 4.78 is 5.94. The van der Waals surface area contributed by atoms with Crippen molar-refractivity contribution < 1.29 is 4.52 Å². The van der Waals surface area contributed by atoms with E-state index in [1.54, 1.807) is 0 Å². The van der Waals surface area contributed by atoms with Gasteiger partial charge in [0, 0.05) is 18.7 Å². The third kappa shape index (κ3) is 3.68. The molecule has 6 nitrogen and oxygen atoms in total. The molecule has 1 N–H and O–H groups in total. The number of likely N-dealkylation sites (N-methyl/N-ethyl adjacent to an activating group) is 1. The summed E-state index contributed by atoms with van der Waals surface area (Å²) in [6, 6.07) is 15.2. The number of hydrogen-bond donors (Lipinski definition) is 1. The number of aryl methyl sites for hydroxylation is 1. The van der Waals surface area contributed by atoms with E-state index in [0.29, 0.717) is 17.4 Å². The van der Waals surface area contributed by atoms with Crippen LogP contribution in [0.1, 0.15) is 42.3 Å². The fourth-order valence-corrected chi connectivity index (χ4v) is 4.24. The molecule has 5 rings (SSSR count). The lowest BCUT2D eigenvalue weighted by Gasteiger charge is -2.25. The van der Waals surface area contributed by atoms with Crippen LogP contribution >= 0.6 is 0 Å². The van der Waals surface area contributed by atoms with Crippen LogP contribution in [0, 0.1) is 6.92 Å². The average Bonchev–Trinajstić information content (AvgIpc) is 3.39. The lowest BCUT2D eigenvalue weighted by molar-refractivity contribution is 0.313. The summed E-state index contributed by atoms with van der Waals surface area (Å²) in [5.74, 6) is 2.50. The second-order valence-electron chi connectivity index (χ2n) is 8.73. The van der Waals surface area contributed by atoms with Gasteiger partial charge in [0.25, 0.3) is 0 Å². The minimum absolute atomic E-state index is 0.433. The number of aromatic nitrogens is 4. The summed E-state index contributed by atoms with van der Waals surface area (Å²) in [4.78, 5) is 6.87. The number of hydrogen-bond acceptors (Lipinski definition) is 5. The van der Waals surface area contributed by atoms with E-state index in [1.165, 1.54) is 16.7 Å². The first-order valence-corrected chi connectivity index (χ1v) is 10.8. The third-order valence-corrected chi connectivity index (χ3v) is 6.01. The highest BCUT2D eigenvalue weighted by molar-refractivity contribution is 5.89. The van der Waals surface area contributed by atoms with Gasteiger partial charge in [0.2, 0.25) is 5.82 Å². The van der Waals surface area contributed by atoms with Gasteiger partial charge in [-0.3, -0.25) is 5.10 Å². The molecule has 0 spiro atoms. The van der Waals surface area contributed by atoms with Crippen LogP contribution < -0.4 is 0 Å². The molecule has 0 bridgehead atoms. The number of H-pyrrole nitrogens is 1. The van der Waals surface area contributed by atoms with Gasteiger partial charge >= 0.3 is 0 Å². The number of nitrogens with zero attached hydrogens (tertiary/aromatic N) is 4. The first-order valence-electron chi connectivity index (χ1n) is 10.8. The van der Waals surface area contributed by atoms with E-state index >= 15 is 0 Å². The largest absolute Gasteiger partial charge is 0.355 e. The molecule has 0 radical (unpaired) electrons.